The Kier molecular flexibility index (Phi) is 34.0. The average Bonchev–Trinajstić information content (AvgIpc) is 2.99. The van der Waals surface area contributed by atoms with Crippen molar-refractivity contribution in [2.45, 2.75) is 239 Å². The number of carbonyl (C=O) groups is 1. The maximum Gasteiger partial charge on any atom is 0.331 e. The number of aliphatic carboxylic acids is 1. The molecule has 0 bridgehead atoms. The normalized spacial score (nSPS) is 11.3. The predicted molar refractivity (Wildman–Crippen MR) is 189 cm³/mol. The Morgan fingerprint density at radius 3 is 0.738 bits per heavy atom. The maximum atomic E-state index is 11.6. The SMILES string of the molecule is CCCCCCCCCCCCCCCCCCC(CCCCCCCCCCCCCCCCCC)=C(C)C(=O)O. The molecular formula is C40H78O2. The fourth-order valence-corrected chi connectivity index (χ4v) is 6.42. The van der Waals surface area contributed by atoms with E-state index in [1.807, 2.05) is 6.92 Å². The lowest BCUT2D eigenvalue weighted by Gasteiger charge is -2.11. The molecule has 0 spiro atoms. The van der Waals surface area contributed by atoms with Gasteiger partial charge in [-0.15, -0.1) is 0 Å². The molecule has 42 heavy (non-hydrogen) atoms. The van der Waals surface area contributed by atoms with Crippen LogP contribution >= 0.6 is 0 Å². The van der Waals surface area contributed by atoms with E-state index >= 15 is 0 Å². The fraction of sp³-hybridized carbons (Fsp3) is 0.925. The van der Waals surface area contributed by atoms with Crippen LogP contribution in [0.4, 0.5) is 0 Å². The Morgan fingerprint density at radius 2 is 0.548 bits per heavy atom. The summed E-state index contributed by atoms with van der Waals surface area (Å²) >= 11 is 0. The van der Waals surface area contributed by atoms with E-state index in [9.17, 15) is 9.90 Å². The highest BCUT2D eigenvalue weighted by molar-refractivity contribution is 5.86. The zero-order chi connectivity index (χ0) is 30.8. The lowest BCUT2D eigenvalue weighted by molar-refractivity contribution is -0.132. The van der Waals surface area contributed by atoms with Gasteiger partial charge in [0.15, 0.2) is 0 Å². The van der Waals surface area contributed by atoms with E-state index < -0.39 is 5.97 Å². The third-order valence-corrected chi connectivity index (χ3v) is 9.52. The molecule has 0 amide bonds. The second-order valence-corrected chi connectivity index (χ2v) is 13.6. The monoisotopic (exact) mass is 591 g/mol. The molecule has 0 atom stereocenters. The molecule has 0 rings (SSSR count). The van der Waals surface area contributed by atoms with Crippen molar-refractivity contribution < 1.29 is 9.90 Å². The number of allylic oxidation sites excluding steroid dienone is 1. The summed E-state index contributed by atoms with van der Waals surface area (Å²) in [5.41, 5.74) is 1.84. The van der Waals surface area contributed by atoms with Crippen LogP contribution in [0.3, 0.4) is 0 Å². The van der Waals surface area contributed by atoms with E-state index in [-0.39, 0.29) is 0 Å². The van der Waals surface area contributed by atoms with Crippen molar-refractivity contribution in [2.75, 3.05) is 0 Å². The highest BCUT2D eigenvalue weighted by Crippen LogP contribution is 2.22. The van der Waals surface area contributed by atoms with E-state index in [2.05, 4.69) is 13.8 Å². The summed E-state index contributed by atoms with van der Waals surface area (Å²) in [5, 5.41) is 9.56. The Hall–Kier alpha value is -0.790. The van der Waals surface area contributed by atoms with Gasteiger partial charge in [-0.3, -0.25) is 0 Å². The van der Waals surface area contributed by atoms with Gasteiger partial charge in [-0.25, -0.2) is 4.79 Å². The van der Waals surface area contributed by atoms with Crippen LogP contribution in [0.5, 0.6) is 0 Å². The van der Waals surface area contributed by atoms with Crippen LogP contribution in [0.25, 0.3) is 0 Å². The van der Waals surface area contributed by atoms with Gasteiger partial charge < -0.3 is 5.11 Å². The first kappa shape index (κ1) is 41.2. The third-order valence-electron chi connectivity index (χ3n) is 9.52. The zero-order valence-electron chi connectivity index (χ0n) is 29.4. The standard InChI is InChI=1S/C40H78O2/c1-4-6-8-10-12-14-16-18-20-22-24-26-28-30-32-34-36-39(38(3)40(41)42)37-35-33-31-29-27-25-23-21-19-17-15-13-11-9-7-5-2/h4-37H2,1-3H3,(H,41,42). The molecule has 1 N–H and O–H groups in total. The van der Waals surface area contributed by atoms with E-state index in [1.54, 1.807) is 0 Å². The van der Waals surface area contributed by atoms with Gasteiger partial charge in [0.05, 0.1) is 0 Å². The van der Waals surface area contributed by atoms with Gasteiger partial charge in [0.1, 0.15) is 0 Å². The van der Waals surface area contributed by atoms with Gasteiger partial charge in [0.2, 0.25) is 0 Å². The molecule has 0 aromatic carbocycles. The van der Waals surface area contributed by atoms with Crippen LogP contribution in [0.2, 0.25) is 0 Å². The van der Waals surface area contributed by atoms with E-state index in [1.165, 1.54) is 198 Å². The molecule has 0 aliphatic rings. The Morgan fingerprint density at radius 1 is 0.357 bits per heavy atom. The Bertz CT molecular complexity index is 540. The molecule has 2 heteroatoms. The van der Waals surface area contributed by atoms with Crippen LogP contribution < -0.4 is 0 Å². The number of carboxylic acid groups (broad SMARTS) is 1. The van der Waals surface area contributed by atoms with Gasteiger partial charge in [0, 0.05) is 5.57 Å². The summed E-state index contributed by atoms with van der Waals surface area (Å²) < 4.78 is 0. The predicted octanol–water partition coefficient (Wildman–Crippen LogP) is 14.7. The maximum absolute atomic E-state index is 11.6. The minimum atomic E-state index is -0.710. The summed E-state index contributed by atoms with van der Waals surface area (Å²) in [5.74, 6) is -0.710. The highest BCUT2D eigenvalue weighted by Gasteiger charge is 2.09. The van der Waals surface area contributed by atoms with Crippen LogP contribution in [-0.2, 0) is 4.79 Å². The third kappa shape index (κ3) is 30.7. The Labute approximate surface area is 265 Å². The van der Waals surface area contributed by atoms with Crippen LogP contribution in [0.15, 0.2) is 11.1 Å². The number of unbranched alkanes of at least 4 members (excludes halogenated alkanes) is 30. The number of rotatable bonds is 35. The molecule has 0 radical (unpaired) electrons. The summed E-state index contributed by atoms with van der Waals surface area (Å²) in [6.07, 6.45) is 46.3. The fourth-order valence-electron chi connectivity index (χ4n) is 6.42. The molecule has 0 saturated carbocycles. The molecular weight excluding hydrogens is 512 g/mol. The van der Waals surface area contributed by atoms with Crippen LogP contribution in [-0.4, -0.2) is 11.1 Å². The summed E-state index contributed by atoms with van der Waals surface area (Å²) in [7, 11) is 0. The average molecular weight is 591 g/mol. The zero-order valence-corrected chi connectivity index (χ0v) is 29.4. The minimum absolute atomic E-state index is 0.622. The molecule has 0 aliphatic heterocycles. The van der Waals surface area contributed by atoms with Crippen molar-refractivity contribution >= 4 is 5.97 Å². The quantitative estimate of drug-likeness (QED) is 0.0588. The first-order valence-corrected chi connectivity index (χ1v) is 19.5. The molecule has 0 saturated heterocycles. The van der Waals surface area contributed by atoms with Crippen molar-refractivity contribution in [3.05, 3.63) is 11.1 Å². The number of hydrogen-bond donors (Lipinski definition) is 1. The lowest BCUT2D eigenvalue weighted by atomic mass is 9.95. The molecule has 0 aliphatic carbocycles. The largest absolute Gasteiger partial charge is 0.478 e. The molecule has 0 fully saturated rings. The molecule has 250 valence electrons. The smallest absolute Gasteiger partial charge is 0.331 e. The van der Waals surface area contributed by atoms with Gasteiger partial charge in [-0.1, -0.05) is 212 Å². The summed E-state index contributed by atoms with van der Waals surface area (Å²) in [6.45, 7) is 6.41. The molecule has 2 nitrogen and oxygen atoms in total. The molecule has 0 aromatic rings. The summed E-state index contributed by atoms with van der Waals surface area (Å²) in [6, 6.07) is 0. The number of carboxylic acids is 1. The minimum Gasteiger partial charge on any atom is -0.478 e. The second-order valence-electron chi connectivity index (χ2n) is 13.6. The van der Waals surface area contributed by atoms with Crippen LogP contribution in [0.1, 0.15) is 239 Å². The molecule has 0 aromatic heterocycles. The molecule has 0 unspecified atom stereocenters. The lowest BCUT2D eigenvalue weighted by Crippen LogP contribution is -2.02. The number of hydrogen-bond acceptors (Lipinski definition) is 1. The first-order chi connectivity index (χ1) is 20.6. The van der Waals surface area contributed by atoms with E-state index in [4.69, 9.17) is 0 Å². The Balaban J connectivity index is 3.63. The van der Waals surface area contributed by atoms with Gasteiger partial charge in [-0.2, -0.15) is 0 Å². The topological polar surface area (TPSA) is 37.3 Å². The van der Waals surface area contributed by atoms with Gasteiger partial charge in [0.25, 0.3) is 0 Å². The van der Waals surface area contributed by atoms with Crippen molar-refractivity contribution in [3.63, 3.8) is 0 Å². The highest BCUT2D eigenvalue weighted by atomic mass is 16.4. The van der Waals surface area contributed by atoms with Gasteiger partial charge >= 0.3 is 5.97 Å². The van der Waals surface area contributed by atoms with Crippen LogP contribution in [0, 0.1) is 0 Å². The van der Waals surface area contributed by atoms with Crippen molar-refractivity contribution in [1.29, 1.82) is 0 Å². The first-order valence-electron chi connectivity index (χ1n) is 19.5. The molecule has 0 heterocycles. The van der Waals surface area contributed by atoms with Crippen molar-refractivity contribution in [2.24, 2.45) is 0 Å². The second kappa shape index (κ2) is 34.7. The van der Waals surface area contributed by atoms with E-state index in [0.29, 0.717) is 5.57 Å². The summed E-state index contributed by atoms with van der Waals surface area (Å²) in [4.78, 5) is 11.6. The van der Waals surface area contributed by atoms with Crippen molar-refractivity contribution in [3.8, 4) is 0 Å². The van der Waals surface area contributed by atoms with Crippen molar-refractivity contribution in [1.82, 2.24) is 0 Å². The van der Waals surface area contributed by atoms with Gasteiger partial charge in [-0.05, 0) is 32.6 Å². The van der Waals surface area contributed by atoms with E-state index in [0.717, 1.165) is 25.7 Å².